The average molecular weight is 247 g/mol. The SMILES string of the molecule is CSCC(C)CNC(=O)CC1(CS)CC1. The van der Waals surface area contributed by atoms with E-state index in [4.69, 9.17) is 0 Å². The smallest absolute Gasteiger partial charge is 0.220 e. The summed E-state index contributed by atoms with van der Waals surface area (Å²) in [6.07, 6.45) is 5.11. The summed E-state index contributed by atoms with van der Waals surface area (Å²) >= 11 is 6.13. The van der Waals surface area contributed by atoms with Gasteiger partial charge >= 0.3 is 0 Å². The summed E-state index contributed by atoms with van der Waals surface area (Å²) in [5.74, 6) is 2.73. The van der Waals surface area contributed by atoms with Crippen molar-refractivity contribution < 1.29 is 4.79 Å². The summed E-state index contributed by atoms with van der Waals surface area (Å²) in [5, 5.41) is 3.01. The van der Waals surface area contributed by atoms with Crippen LogP contribution < -0.4 is 5.32 Å². The van der Waals surface area contributed by atoms with Crippen LogP contribution in [0.1, 0.15) is 26.2 Å². The molecule has 0 bridgehead atoms. The molecule has 0 aliphatic heterocycles. The molecule has 0 saturated heterocycles. The molecule has 1 unspecified atom stereocenters. The van der Waals surface area contributed by atoms with Crippen molar-refractivity contribution in [1.29, 1.82) is 0 Å². The largest absolute Gasteiger partial charge is 0.356 e. The lowest BCUT2D eigenvalue weighted by molar-refractivity contribution is -0.122. The average Bonchev–Trinajstić information content (AvgIpc) is 2.96. The van der Waals surface area contributed by atoms with Crippen molar-refractivity contribution in [2.75, 3.05) is 24.3 Å². The van der Waals surface area contributed by atoms with Gasteiger partial charge in [-0.25, -0.2) is 0 Å². The van der Waals surface area contributed by atoms with Crippen molar-refractivity contribution in [2.24, 2.45) is 11.3 Å². The third-order valence-corrected chi connectivity index (χ3v) is 4.50. The van der Waals surface area contributed by atoms with Gasteiger partial charge in [-0.15, -0.1) is 0 Å². The van der Waals surface area contributed by atoms with Gasteiger partial charge in [-0.05, 0) is 41.9 Å². The second kappa shape index (κ2) is 6.04. The van der Waals surface area contributed by atoms with E-state index in [9.17, 15) is 4.79 Å². The van der Waals surface area contributed by atoms with Crippen LogP contribution >= 0.6 is 24.4 Å². The standard InChI is InChI=1S/C11H21NOS2/c1-9(7-15-2)6-12-10(13)5-11(8-14)3-4-11/h9,14H,3-8H2,1-2H3,(H,12,13). The summed E-state index contributed by atoms with van der Waals surface area (Å²) in [7, 11) is 0. The number of hydrogen-bond donors (Lipinski definition) is 2. The molecule has 15 heavy (non-hydrogen) atoms. The van der Waals surface area contributed by atoms with Crippen molar-refractivity contribution in [3.05, 3.63) is 0 Å². The third-order valence-electron chi connectivity index (χ3n) is 2.93. The maximum absolute atomic E-state index is 11.6. The molecule has 0 heterocycles. The zero-order chi connectivity index (χ0) is 11.3. The molecule has 1 fully saturated rings. The van der Waals surface area contributed by atoms with E-state index >= 15 is 0 Å². The zero-order valence-corrected chi connectivity index (χ0v) is 11.3. The van der Waals surface area contributed by atoms with Gasteiger partial charge in [0, 0.05) is 13.0 Å². The van der Waals surface area contributed by atoms with Gasteiger partial charge < -0.3 is 5.32 Å². The summed E-state index contributed by atoms with van der Waals surface area (Å²) in [6.45, 7) is 2.98. The Balaban J connectivity index is 2.13. The van der Waals surface area contributed by atoms with Crippen LogP contribution in [-0.4, -0.2) is 30.2 Å². The predicted octanol–water partition coefficient (Wildman–Crippen LogP) is 2.20. The van der Waals surface area contributed by atoms with Gasteiger partial charge in [0.2, 0.25) is 5.91 Å². The number of thioether (sulfide) groups is 1. The highest BCUT2D eigenvalue weighted by molar-refractivity contribution is 7.98. The Bertz CT molecular complexity index is 217. The first-order valence-electron chi connectivity index (χ1n) is 5.48. The van der Waals surface area contributed by atoms with Crippen LogP contribution in [0, 0.1) is 11.3 Å². The maximum atomic E-state index is 11.6. The van der Waals surface area contributed by atoms with E-state index in [0.717, 1.165) is 18.1 Å². The van der Waals surface area contributed by atoms with Gasteiger partial charge in [0.15, 0.2) is 0 Å². The molecule has 2 nitrogen and oxygen atoms in total. The van der Waals surface area contributed by atoms with E-state index in [1.165, 1.54) is 12.8 Å². The second-order valence-corrected chi connectivity index (χ2v) is 5.93. The van der Waals surface area contributed by atoms with Crippen LogP contribution in [0.5, 0.6) is 0 Å². The molecule has 1 saturated carbocycles. The Labute approximate surface area is 102 Å². The van der Waals surface area contributed by atoms with Gasteiger partial charge in [-0.3, -0.25) is 4.79 Å². The van der Waals surface area contributed by atoms with Crippen LogP contribution in [0.25, 0.3) is 0 Å². The molecule has 0 radical (unpaired) electrons. The number of thiol groups is 1. The number of amides is 1. The number of hydrogen-bond acceptors (Lipinski definition) is 3. The van der Waals surface area contributed by atoms with Crippen molar-refractivity contribution in [2.45, 2.75) is 26.2 Å². The lowest BCUT2D eigenvalue weighted by Gasteiger charge is -2.14. The minimum Gasteiger partial charge on any atom is -0.356 e. The topological polar surface area (TPSA) is 29.1 Å². The highest BCUT2D eigenvalue weighted by atomic mass is 32.2. The van der Waals surface area contributed by atoms with Crippen LogP contribution in [0.15, 0.2) is 0 Å². The number of carbonyl (C=O) groups is 1. The summed E-state index contributed by atoms with van der Waals surface area (Å²) in [4.78, 5) is 11.6. The predicted molar refractivity (Wildman–Crippen MR) is 70.7 cm³/mol. The van der Waals surface area contributed by atoms with Gasteiger partial charge in [0.05, 0.1) is 0 Å². The first-order chi connectivity index (χ1) is 7.12. The Morgan fingerprint density at radius 2 is 2.27 bits per heavy atom. The van der Waals surface area contributed by atoms with Crippen molar-refractivity contribution >= 4 is 30.3 Å². The number of nitrogens with one attached hydrogen (secondary N) is 1. The highest BCUT2D eigenvalue weighted by Gasteiger charge is 2.42. The number of rotatable bonds is 7. The summed E-state index contributed by atoms with van der Waals surface area (Å²) in [5.41, 5.74) is 0.246. The molecule has 1 amide bonds. The molecule has 4 heteroatoms. The minimum absolute atomic E-state index is 0.203. The quantitative estimate of drug-likeness (QED) is 0.675. The molecule has 0 aromatic rings. The van der Waals surface area contributed by atoms with Crippen molar-refractivity contribution in [3.8, 4) is 0 Å². The zero-order valence-electron chi connectivity index (χ0n) is 9.58. The fourth-order valence-electron chi connectivity index (χ4n) is 1.60. The first-order valence-corrected chi connectivity index (χ1v) is 7.51. The molecule has 0 aromatic carbocycles. The van der Waals surface area contributed by atoms with Crippen molar-refractivity contribution in [3.63, 3.8) is 0 Å². The Morgan fingerprint density at radius 1 is 1.60 bits per heavy atom. The molecule has 1 atom stereocenters. The molecular formula is C11H21NOS2. The van der Waals surface area contributed by atoms with Gasteiger partial charge in [0.25, 0.3) is 0 Å². The fraction of sp³-hybridized carbons (Fsp3) is 0.909. The summed E-state index contributed by atoms with van der Waals surface area (Å²) in [6, 6.07) is 0. The Kier molecular flexibility index (Phi) is 5.33. The molecule has 1 aliphatic rings. The van der Waals surface area contributed by atoms with Crippen molar-refractivity contribution in [1.82, 2.24) is 5.32 Å². The normalized spacial score (nSPS) is 19.7. The van der Waals surface area contributed by atoms with Crippen LogP contribution in [0.4, 0.5) is 0 Å². The molecule has 1 aliphatic carbocycles. The monoisotopic (exact) mass is 247 g/mol. The maximum Gasteiger partial charge on any atom is 0.220 e. The Hall–Kier alpha value is 0.170. The van der Waals surface area contributed by atoms with E-state index in [2.05, 4.69) is 31.1 Å². The molecule has 1 N–H and O–H groups in total. The molecule has 88 valence electrons. The fourth-order valence-corrected chi connectivity index (χ4v) is 2.72. The van der Waals surface area contributed by atoms with Gasteiger partial charge in [-0.2, -0.15) is 24.4 Å². The van der Waals surface area contributed by atoms with Crippen LogP contribution in [0.3, 0.4) is 0 Å². The minimum atomic E-state index is 0.203. The van der Waals surface area contributed by atoms with E-state index in [0.29, 0.717) is 12.3 Å². The highest BCUT2D eigenvalue weighted by Crippen LogP contribution is 2.49. The molecule has 0 aromatic heterocycles. The van der Waals surface area contributed by atoms with E-state index in [-0.39, 0.29) is 11.3 Å². The molecular weight excluding hydrogens is 226 g/mol. The van der Waals surface area contributed by atoms with E-state index in [1.54, 1.807) is 0 Å². The number of carbonyl (C=O) groups excluding carboxylic acids is 1. The van der Waals surface area contributed by atoms with Gasteiger partial charge in [-0.1, -0.05) is 6.92 Å². The van der Waals surface area contributed by atoms with E-state index in [1.807, 2.05) is 11.8 Å². The lowest BCUT2D eigenvalue weighted by Crippen LogP contribution is -2.31. The van der Waals surface area contributed by atoms with E-state index < -0.39 is 0 Å². The van der Waals surface area contributed by atoms with Gasteiger partial charge in [0.1, 0.15) is 0 Å². The van der Waals surface area contributed by atoms with Crippen LogP contribution in [0.2, 0.25) is 0 Å². The molecule has 0 spiro atoms. The lowest BCUT2D eigenvalue weighted by atomic mass is 10.0. The second-order valence-electron chi connectivity index (χ2n) is 4.70. The Morgan fingerprint density at radius 3 is 2.73 bits per heavy atom. The third kappa shape index (κ3) is 4.68. The molecule has 1 rings (SSSR count). The van der Waals surface area contributed by atoms with Crippen LogP contribution in [-0.2, 0) is 4.79 Å². The first kappa shape index (κ1) is 13.2. The summed E-state index contributed by atoms with van der Waals surface area (Å²) < 4.78 is 0.